The molecular weight excluding hydrogens is 269 g/mol. The van der Waals surface area contributed by atoms with Crippen LogP contribution in [0.2, 0.25) is 10.0 Å². The summed E-state index contributed by atoms with van der Waals surface area (Å²) in [5.41, 5.74) is 2.47. The Morgan fingerprint density at radius 1 is 1.44 bits per heavy atom. The molecule has 1 aliphatic carbocycles. The third-order valence-corrected chi connectivity index (χ3v) is 4.14. The number of hydrogen-bond acceptors (Lipinski definition) is 2. The molecule has 4 heteroatoms. The van der Waals surface area contributed by atoms with E-state index in [0.717, 1.165) is 30.8 Å². The van der Waals surface area contributed by atoms with Gasteiger partial charge >= 0.3 is 0 Å². The summed E-state index contributed by atoms with van der Waals surface area (Å²) in [5, 5.41) is 13.9. The number of aliphatic hydroxyl groups is 1. The minimum Gasteiger partial charge on any atom is -0.396 e. The first-order chi connectivity index (χ1) is 8.61. The Hall–Kier alpha value is -0.280. The minimum atomic E-state index is 0.252. The van der Waals surface area contributed by atoms with Crippen molar-refractivity contribution in [3.63, 3.8) is 0 Å². The maximum absolute atomic E-state index is 8.90. The second-order valence-corrected chi connectivity index (χ2v) is 5.92. The second-order valence-electron chi connectivity index (χ2n) is 5.07. The van der Waals surface area contributed by atoms with E-state index in [2.05, 4.69) is 12.2 Å². The SMILES string of the molecule is CC(CCO)CNC1CCc2c(Cl)cc(Cl)cc21. The molecule has 0 heterocycles. The van der Waals surface area contributed by atoms with Gasteiger partial charge in [0.15, 0.2) is 0 Å². The summed E-state index contributed by atoms with van der Waals surface area (Å²) in [6.45, 7) is 3.31. The van der Waals surface area contributed by atoms with Gasteiger partial charge in [-0.3, -0.25) is 0 Å². The number of rotatable bonds is 5. The minimum absolute atomic E-state index is 0.252. The van der Waals surface area contributed by atoms with E-state index in [1.165, 1.54) is 11.1 Å². The van der Waals surface area contributed by atoms with Crippen molar-refractivity contribution in [1.29, 1.82) is 0 Å². The predicted molar refractivity (Wildman–Crippen MR) is 76.4 cm³/mol. The van der Waals surface area contributed by atoms with E-state index < -0.39 is 0 Å². The molecule has 18 heavy (non-hydrogen) atoms. The van der Waals surface area contributed by atoms with Crippen LogP contribution >= 0.6 is 23.2 Å². The molecule has 2 rings (SSSR count). The number of aliphatic hydroxyl groups excluding tert-OH is 1. The molecule has 0 spiro atoms. The molecule has 1 aliphatic rings. The first-order valence-corrected chi connectivity index (χ1v) is 7.19. The molecule has 0 amide bonds. The van der Waals surface area contributed by atoms with Crippen molar-refractivity contribution < 1.29 is 5.11 Å². The van der Waals surface area contributed by atoms with Gasteiger partial charge in [0.2, 0.25) is 0 Å². The van der Waals surface area contributed by atoms with Gasteiger partial charge in [-0.1, -0.05) is 30.1 Å². The molecule has 1 aromatic carbocycles. The lowest BCUT2D eigenvalue weighted by Crippen LogP contribution is -2.25. The molecule has 2 nitrogen and oxygen atoms in total. The summed E-state index contributed by atoms with van der Waals surface area (Å²) in [6, 6.07) is 4.18. The number of benzene rings is 1. The molecule has 1 aromatic rings. The topological polar surface area (TPSA) is 32.3 Å². The van der Waals surface area contributed by atoms with Crippen molar-refractivity contribution in [2.45, 2.75) is 32.2 Å². The lowest BCUT2D eigenvalue weighted by atomic mass is 10.1. The van der Waals surface area contributed by atoms with Gasteiger partial charge in [-0.25, -0.2) is 0 Å². The second kappa shape index (κ2) is 6.25. The van der Waals surface area contributed by atoms with Gasteiger partial charge in [-0.2, -0.15) is 0 Å². The molecule has 0 saturated carbocycles. The summed E-state index contributed by atoms with van der Waals surface area (Å²) < 4.78 is 0. The van der Waals surface area contributed by atoms with Crippen LogP contribution in [0, 0.1) is 5.92 Å². The Bertz CT molecular complexity index is 423. The fraction of sp³-hybridized carbons (Fsp3) is 0.571. The highest BCUT2D eigenvalue weighted by Gasteiger charge is 2.24. The Kier molecular flexibility index (Phi) is 4.91. The summed E-state index contributed by atoms with van der Waals surface area (Å²) in [6.07, 6.45) is 2.92. The van der Waals surface area contributed by atoms with Crippen LogP contribution in [0.3, 0.4) is 0 Å². The van der Waals surface area contributed by atoms with Crippen LogP contribution in [0.25, 0.3) is 0 Å². The van der Waals surface area contributed by atoms with Gasteiger partial charge in [0, 0.05) is 22.7 Å². The fourth-order valence-electron chi connectivity index (χ4n) is 2.52. The summed E-state index contributed by atoms with van der Waals surface area (Å²) in [7, 11) is 0. The highest BCUT2D eigenvalue weighted by molar-refractivity contribution is 6.35. The average molecular weight is 288 g/mol. The summed E-state index contributed by atoms with van der Waals surface area (Å²) >= 11 is 12.3. The van der Waals surface area contributed by atoms with E-state index in [4.69, 9.17) is 28.3 Å². The zero-order valence-electron chi connectivity index (χ0n) is 10.5. The first-order valence-electron chi connectivity index (χ1n) is 6.44. The van der Waals surface area contributed by atoms with Crippen LogP contribution in [0.1, 0.15) is 36.9 Å². The van der Waals surface area contributed by atoms with Crippen LogP contribution in [0.5, 0.6) is 0 Å². The van der Waals surface area contributed by atoms with Gasteiger partial charge in [-0.05, 0) is 55.0 Å². The maximum Gasteiger partial charge on any atom is 0.0456 e. The van der Waals surface area contributed by atoms with Crippen molar-refractivity contribution in [3.05, 3.63) is 33.3 Å². The normalized spacial score (nSPS) is 19.9. The number of fused-ring (bicyclic) bond motifs is 1. The van der Waals surface area contributed by atoms with E-state index in [9.17, 15) is 0 Å². The molecule has 0 aliphatic heterocycles. The molecule has 2 N–H and O–H groups in total. The molecule has 0 bridgehead atoms. The predicted octanol–water partition coefficient (Wildman–Crippen LogP) is 3.59. The molecule has 0 saturated heterocycles. The van der Waals surface area contributed by atoms with Gasteiger partial charge in [0.25, 0.3) is 0 Å². The molecule has 2 unspecified atom stereocenters. The molecule has 2 atom stereocenters. The lowest BCUT2D eigenvalue weighted by Gasteiger charge is -2.18. The van der Waals surface area contributed by atoms with Crippen LogP contribution < -0.4 is 5.32 Å². The number of halogens is 2. The third-order valence-electron chi connectivity index (χ3n) is 3.59. The standard InChI is InChI=1S/C14H19Cl2NO/c1-9(4-5-18)8-17-14-3-2-11-12(14)6-10(15)7-13(11)16/h6-7,9,14,17-18H,2-5,8H2,1H3. The van der Waals surface area contributed by atoms with Crippen molar-refractivity contribution >= 4 is 23.2 Å². The van der Waals surface area contributed by atoms with E-state index in [1.54, 1.807) is 0 Å². The Balaban J connectivity index is 2.03. The highest BCUT2D eigenvalue weighted by atomic mass is 35.5. The van der Waals surface area contributed by atoms with Gasteiger partial charge in [0.05, 0.1) is 0 Å². The van der Waals surface area contributed by atoms with E-state index in [0.29, 0.717) is 17.0 Å². The smallest absolute Gasteiger partial charge is 0.0456 e. The Morgan fingerprint density at radius 3 is 2.94 bits per heavy atom. The monoisotopic (exact) mass is 287 g/mol. The highest BCUT2D eigenvalue weighted by Crippen LogP contribution is 2.37. The van der Waals surface area contributed by atoms with Gasteiger partial charge in [-0.15, -0.1) is 0 Å². The summed E-state index contributed by atoms with van der Waals surface area (Å²) in [4.78, 5) is 0. The third kappa shape index (κ3) is 3.18. The molecule has 0 radical (unpaired) electrons. The van der Waals surface area contributed by atoms with Crippen LogP contribution in [-0.4, -0.2) is 18.3 Å². The number of hydrogen-bond donors (Lipinski definition) is 2. The average Bonchev–Trinajstić information content (AvgIpc) is 2.70. The van der Waals surface area contributed by atoms with Crippen LogP contribution in [-0.2, 0) is 6.42 Å². The fourth-order valence-corrected chi connectivity index (χ4v) is 3.12. The lowest BCUT2D eigenvalue weighted by molar-refractivity contribution is 0.257. The van der Waals surface area contributed by atoms with Crippen molar-refractivity contribution in [2.75, 3.05) is 13.2 Å². The van der Waals surface area contributed by atoms with Gasteiger partial charge in [0.1, 0.15) is 0 Å². The van der Waals surface area contributed by atoms with Crippen molar-refractivity contribution in [3.8, 4) is 0 Å². The Labute approximate surface area is 118 Å². The quantitative estimate of drug-likeness (QED) is 0.868. The first kappa shape index (κ1) is 14.1. The van der Waals surface area contributed by atoms with E-state index in [1.807, 2.05) is 12.1 Å². The zero-order chi connectivity index (χ0) is 13.1. The van der Waals surface area contributed by atoms with Crippen molar-refractivity contribution in [1.82, 2.24) is 5.32 Å². The zero-order valence-corrected chi connectivity index (χ0v) is 12.1. The number of nitrogens with one attached hydrogen (secondary N) is 1. The molecule has 0 fully saturated rings. The van der Waals surface area contributed by atoms with Gasteiger partial charge < -0.3 is 10.4 Å². The van der Waals surface area contributed by atoms with Crippen LogP contribution in [0.15, 0.2) is 12.1 Å². The molecule has 100 valence electrons. The molecule has 0 aromatic heterocycles. The summed E-state index contributed by atoms with van der Waals surface area (Å²) in [5.74, 6) is 0.480. The maximum atomic E-state index is 8.90. The van der Waals surface area contributed by atoms with Crippen LogP contribution in [0.4, 0.5) is 0 Å². The van der Waals surface area contributed by atoms with Crippen molar-refractivity contribution in [2.24, 2.45) is 5.92 Å². The van der Waals surface area contributed by atoms with E-state index in [-0.39, 0.29) is 6.61 Å². The molecular formula is C14H19Cl2NO. The Morgan fingerprint density at radius 2 is 2.22 bits per heavy atom. The van der Waals surface area contributed by atoms with E-state index >= 15 is 0 Å². The largest absolute Gasteiger partial charge is 0.396 e.